The smallest absolute Gasteiger partial charge is 0.271 e. The number of nitro benzene ring substituents is 1. The first-order chi connectivity index (χ1) is 13.8. The van der Waals surface area contributed by atoms with Crippen LogP contribution in [0.3, 0.4) is 0 Å². The van der Waals surface area contributed by atoms with Crippen LogP contribution in [-0.4, -0.2) is 58.8 Å². The summed E-state index contributed by atoms with van der Waals surface area (Å²) in [6.45, 7) is 6.01. The summed E-state index contributed by atoms with van der Waals surface area (Å²) in [6, 6.07) is 7.27. The molecule has 1 aromatic carbocycles. The lowest BCUT2D eigenvalue weighted by atomic mass is 10.2. The number of anilines is 1. The number of benzene rings is 1. The fourth-order valence-corrected chi connectivity index (χ4v) is 4.20. The lowest BCUT2D eigenvalue weighted by molar-refractivity contribution is -0.384. The summed E-state index contributed by atoms with van der Waals surface area (Å²) >= 11 is 7.53. The van der Waals surface area contributed by atoms with Crippen LogP contribution in [0, 0.1) is 17.0 Å². The summed E-state index contributed by atoms with van der Waals surface area (Å²) in [5, 5.41) is 13.6. The fraction of sp³-hybridized carbons (Fsp3) is 0.368. The van der Waals surface area contributed by atoms with Gasteiger partial charge >= 0.3 is 0 Å². The highest BCUT2D eigenvalue weighted by molar-refractivity contribution is 7.13. The van der Waals surface area contributed by atoms with Gasteiger partial charge in [0.2, 0.25) is 5.91 Å². The van der Waals surface area contributed by atoms with Gasteiger partial charge in [-0.05, 0) is 32.0 Å². The van der Waals surface area contributed by atoms with Gasteiger partial charge in [-0.2, -0.15) is 0 Å². The van der Waals surface area contributed by atoms with E-state index in [9.17, 15) is 19.7 Å². The lowest BCUT2D eigenvalue weighted by Crippen LogP contribution is -2.53. The Balaban J connectivity index is 1.56. The van der Waals surface area contributed by atoms with Gasteiger partial charge in [-0.3, -0.25) is 24.6 Å². The van der Waals surface area contributed by atoms with Crippen LogP contribution in [0.25, 0.3) is 0 Å². The van der Waals surface area contributed by atoms with Crippen molar-refractivity contribution in [3.63, 3.8) is 0 Å². The zero-order valence-electron chi connectivity index (χ0n) is 16.1. The predicted octanol–water partition coefficient (Wildman–Crippen LogP) is 3.40. The number of amides is 2. The van der Waals surface area contributed by atoms with Crippen molar-refractivity contribution in [1.82, 2.24) is 9.80 Å². The van der Waals surface area contributed by atoms with Crippen molar-refractivity contribution < 1.29 is 14.5 Å². The molecular formula is C19H21ClN4O4S. The molecule has 29 heavy (non-hydrogen) atoms. The van der Waals surface area contributed by atoms with Crippen LogP contribution < -0.4 is 5.32 Å². The van der Waals surface area contributed by atoms with Crippen molar-refractivity contribution in [2.45, 2.75) is 19.9 Å². The molecule has 3 rings (SSSR count). The van der Waals surface area contributed by atoms with Gasteiger partial charge in [0, 0.05) is 43.2 Å². The van der Waals surface area contributed by atoms with Crippen molar-refractivity contribution in [3.8, 4) is 0 Å². The third kappa shape index (κ3) is 4.92. The normalized spacial score (nSPS) is 15.8. The number of non-ortho nitro benzene ring substituents is 1. The molecule has 1 aliphatic heterocycles. The Morgan fingerprint density at radius 3 is 2.45 bits per heavy atom. The van der Waals surface area contributed by atoms with Crippen molar-refractivity contribution in [3.05, 3.63) is 55.2 Å². The molecule has 0 bridgehead atoms. The molecule has 1 saturated heterocycles. The number of hydrogen-bond acceptors (Lipinski definition) is 6. The molecule has 8 nitrogen and oxygen atoms in total. The Kier molecular flexibility index (Phi) is 6.51. The Bertz CT molecular complexity index is 940. The van der Waals surface area contributed by atoms with Gasteiger partial charge in [0.1, 0.15) is 0 Å². The van der Waals surface area contributed by atoms with E-state index in [4.69, 9.17) is 11.6 Å². The van der Waals surface area contributed by atoms with Gasteiger partial charge in [0.15, 0.2) is 0 Å². The van der Waals surface area contributed by atoms with Crippen LogP contribution in [-0.2, 0) is 4.79 Å². The number of aryl methyl sites for hydroxylation is 1. The van der Waals surface area contributed by atoms with E-state index in [-0.39, 0.29) is 22.5 Å². The van der Waals surface area contributed by atoms with E-state index in [1.165, 1.54) is 29.5 Å². The van der Waals surface area contributed by atoms with Gasteiger partial charge in [-0.25, -0.2) is 0 Å². The van der Waals surface area contributed by atoms with Crippen LogP contribution in [0.4, 0.5) is 11.4 Å². The number of carbonyl (C=O) groups excluding carboxylic acids is 2. The van der Waals surface area contributed by atoms with E-state index < -0.39 is 11.0 Å². The molecule has 1 unspecified atom stereocenters. The predicted molar refractivity (Wildman–Crippen MR) is 113 cm³/mol. The molecule has 2 heterocycles. The second kappa shape index (κ2) is 8.89. The summed E-state index contributed by atoms with van der Waals surface area (Å²) in [5.41, 5.74) is 0.193. The zero-order valence-corrected chi connectivity index (χ0v) is 17.6. The van der Waals surface area contributed by atoms with Gasteiger partial charge in [-0.15, -0.1) is 11.3 Å². The van der Waals surface area contributed by atoms with E-state index >= 15 is 0 Å². The number of thiophene rings is 1. The maximum Gasteiger partial charge on any atom is 0.271 e. The Morgan fingerprint density at radius 2 is 1.90 bits per heavy atom. The standard InChI is InChI=1S/C19H21ClN4O4S/c1-12-3-6-17(29-12)19(26)23-9-7-22(8-10-23)13(2)18(25)21-16-5-4-14(24(27)28)11-15(16)20/h3-6,11,13H,7-10H2,1-2H3,(H,21,25). The Morgan fingerprint density at radius 1 is 1.21 bits per heavy atom. The Labute approximate surface area is 177 Å². The van der Waals surface area contributed by atoms with E-state index in [1.54, 1.807) is 11.8 Å². The van der Waals surface area contributed by atoms with E-state index in [0.717, 1.165) is 9.75 Å². The number of nitro groups is 1. The summed E-state index contributed by atoms with van der Waals surface area (Å²) in [6.07, 6.45) is 0. The van der Waals surface area contributed by atoms with Gasteiger partial charge < -0.3 is 10.2 Å². The highest BCUT2D eigenvalue weighted by atomic mass is 35.5. The van der Waals surface area contributed by atoms with Crippen LogP contribution in [0.15, 0.2) is 30.3 Å². The van der Waals surface area contributed by atoms with Gasteiger partial charge in [-0.1, -0.05) is 11.6 Å². The average molecular weight is 437 g/mol. The number of halogens is 1. The van der Waals surface area contributed by atoms with Crippen LogP contribution in [0.5, 0.6) is 0 Å². The molecule has 1 aromatic heterocycles. The SMILES string of the molecule is Cc1ccc(C(=O)N2CCN(C(C)C(=O)Nc3ccc([N+](=O)[O-])cc3Cl)CC2)s1. The molecule has 154 valence electrons. The van der Waals surface area contributed by atoms with E-state index in [1.807, 2.05) is 24.0 Å². The minimum atomic E-state index is -0.543. The number of rotatable bonds is 5. The maximum atomic E-state index is 12.6. The maximum absolute atomic E-state index is 12.6. The molecule has 0 spiro atoms. The van der Waals surface area contributed by atoms with Crippen LogP contribution in [0.1, 0.15) is 21.5 Å². The van der Waals surface area contributed by atoms with Crippen molar-refractivity contribution in [2.75, 3.05) is 31.5 Å². The second-order valence-corrected chi connectivity index (χ2v) is 8.52. The third-order valence-corrected chi connectivity index (χ3v) is 6.20. The zero-order chi connectivity index (χ0) is 21.1. The van der Waals surface area contributed by atoms with E-state index in [0.29, 0.717) is 31.9 Å². The minimum absolute atomic E-state index is 0.0255. The van der Waals surface area contributed by atoms with Crippen molar-refractivity contribution >= 4 is 46.1 Å². The number of carbonyl (C=O) groups is 2. The molecule has 1 atom stereocenters. The highest BCUT2D eigenvalue weighted by Crippen LogP contribution is 2.27. The van der Waals surface area contributed by atoms with E-state index in [2.05, 4.69) is 5.32 Å². The molecule has 0 radical (unpaired) electrons. The average Bonchev–Trinajstić information content (AvgIpc) is 3.14. The quantitative estimate of drug-likeness (QED) is 0.572. The first-order valence-electron chi connectivity index (χ1n) is 9.11. The largest absolute Gasteiger partial charge is 0.335 e. The third-order valence-electron chi connectivity index (χ3n) is 4.90. The summed E-state index contributed by atoms with van der Waals surface area (Å²) in [4.78, 5) is 41.0. The molecule has 0 saturated carbocycles. The molecule has 2 amide bonds. The molecule has 1 fully saturated rings. The topological polar surface area (TPSA) is 95.8 Å². The van der Waals surface area contributed by atoms with Crippen LogP contribution >= 0.6 is 22.9 Å². The first kappa shape index (κ1) is 21.2. The molecule has 10 heteroatoms. The number of nitrogens with one attached hydrogen (secondary N) is 1. The molecule has 2 aromatic rings. The molecule has 1 N–H and O–H groups in total. The van der Waals surface area contributed by atoms with Crippen molar-refractivity contribution in [2.24, 2.45) is 0 Å². The first-order valence-corrected chi connectivity index (χ1v) is 10.3. The molecule has 1 aliphatic rings. The molecule has 0 aliphatic carbocycles. The number of piperazine rings is 1. The second-order valence-electron chi connectivity index (χ2n) is 6.82. The highest BCUT2D eigenvalue weighted by Gasteiger charge is 2.28. The lowest BCUT2D eigenvalue weighted by Gasteiger charge is -2.37. The Hall–Kier alpha value is -2.49. The summed E-state index contributed by atoms with van der Waals surface area (Å²) < 4.78 is 0. The monoisotopic (exact) mass is 436 g/mol. The number of nitrogens with zero attached hydrogens (tertiary/aromatic N) is 3. The van der Waals surface area contributed by atoms with Gasteiger partial charge in [0.25, 0.3) is 11.6 Å². The summed E-state index contributed by atoms with van der Waals surface area (Å²) in [7, 11) is 0. The van der Waals surface area contributed by atoms with Gasteiger partial charge in [0.05, 0.1) is 26.6 Å². The fourth-order valence-electron chi connectivity index (χ4n) is 3.14. The molecular weight excluding hydrogens is 416 g/mol. The summed E-state index contributed by atoms with van der Waals surface area (Å²) in [5.74, 6) is -0.230. The number of hydrogen-bond donors (Lipinski definition) is 1. The van der Waals surface area contributed by atoms with Crippen molar-refractivity contribution in [1.29, 1.82) is 0 Å². The van der Waals surface area contributed by atoms with Crippen LogP contribution in [0.2, 0.25) is 5.02 Å². The minimum Gasteiger partial charge on any atom is -0.335 e.